The highest BCUT2D eigenvalue weighted by Crippen LogP contribution is 2.30. The summed E-state index contributed by atoms with van der Waals surface area (Å²) in [6, 6.07) is 6.50. The number of anilines is 1. The van der Waals surface area contributed by atoms with Crippen molar-refractivity contribution in [2.75, 3.05) is 44.2 Å². The van der Waals surface area contributed by atoms with Crippen LogP contribution in [0.2, 0.25) is 0 Å². The molecule has 2 fully saturated rings. The van der Waals surface area contributed by atoms with Crippen molar-refractivity contribution in [3.05, 3.63) is 23.8 Å². The van der Waals surface area contributed by atoms with Gasteiger partial charge in [0, 0.05) is 52.1 Å². The molecule has 7 heteroatoms. The third-order valence-corrected chi connectivity index (χ3v) is 7.08. The van der Waals surface area contributed by atoms with Crippen molar-refractivity contribution in [1.29, 1.82) is 0 Å². The smallest absolute Gasteiger partial charge is 0.225 e. The van der Waals surface area contributed by atoms with E-state index in [1.165, 1.54) is 10.3 Å². The van der Waals surface area contributed by atoms with E-state index < -0.39 is 0 Å². The van der Waals surface area contributed by atoms with E-state index >= 15 is 0 Å². The summed E-state index contributed by atoms with van der Waals surface area (Å²) in [5.74, 6) is 0.443. The van der Waals surface area contributed by atoms with E-state index in [2.05, 4.69) is 30.0 Å². The van der Waals surface area contributed by atoms with Gasteiger partial charge in [-0.2, -0.15) is 0 Å². The summed E-state index contributed by atoms with van der Waals surface area (Å²) in [7, 11) is 0. The number of carbonyl (C=O) groups is 2. The topological polar surface area (TPSA) is 56.8 Å². The molecule has 0 N–H and O–H groups in total. The molecule has 2 aliphatic rings. The Labute approximate surface area is 170 Å². The second kappa shape index (κ2) is 8.07. The van der Waals surface area contributed by atoms with Gasteiger partial charge in [0.15, 0.2) is 5.13 Å². The lowest BCUT2D eigenvalue weighted by Crippen LogP contribution is -2.52. The highest BCUT2D eigenvalue weighted by Gasteiger charge is 2.31. The average molecular weight is 401 g/mol. The van der Waals surface area contributed by atoms with Gasteiger partial charge in [-0.25, -0.2) is 4.98 Å². The molecule has 0 radical (unpaired) electrons. The molecule has 1 aromatic carbocycles. The zero-order valence-corrected chi connectivity index (χ0v) is 17.5. The van der Waals surface area contributed by atoms with E-state index in [0.717, 1.165) is 56.1 Å². The highest BCUT2D eigenvalue weighted by atomic mass is 32.1. The summed E-state index contributed by atoms with van der Waals surface area (Å²) in [5, 5.41) is 1.06. The monoisotopic (exact) mass is 400 g/mol. The summed E-state index contributed by atoms with van der Waals surface area (Å²) in [4.78, 5) is 35.3. The Morgan fingerprint density at radius 2 is 1.79 bits per heavy atom. The molecule has 28 heavy (non-hydrogen) atoms. The third-order valence-electron chi connectivity index (χ3n) is 6.00. The largest absolute Gasteiger partial charge is 0.345 e. The molecule has 6 nitrogen and oxygen atoms in total. The molecule has 0 bridgehead atoms. The minimum Gasteiger partial charge on any atom is -0.345 e. The van der Waals surface area contributed by atoms with Crippen molar-refractivity contribution in [3.63, 3.8) is 0 Å². The molecule has 3 heterocycles. The standard InChI is InChI=1S/C21H28N4O2S/c1-3-16-4-5-18-19(14-16)28-21(22-18)25-12-10-24(11-13-25)20(27)17-6-8-23(9-7-17)15(2)26/h4-5,14,17H,3,6-13H2,1-2H3. The zero-order valence-electron chi connectivity index (χ0n) is 16.7. The maximum absolute atomic E-state index is 12.9. The SMILES string of the molecule is CCc1ccc2nc(N3CCN(C(=O)C4CCN(C(C)=O)CC4)CC3)sc2c1. The van der Waals surface area contributed by atoms with Crippen LogP contribution in [-0.2, 0) is 16.0 Å². The summed E-state index contributed by atoms with van der Waals surface area (Å²) in [6.45, 7) is 8.35. The van der Waals surface area contributed by atoms with Gasteiger partial charge >= 0.3 is 0 Å². The van der Waals surface area contributed by atoms with Crippen LogP contribution in [0.15, 0.2) is 18.2 Å². The minimum absolute atomic E-state index is 0.0667. The van der Waals surface area contributed by atoms with Crippen LogP contribution in [-0.4, -0.2) is 65.9 Å². The fourth-order valence-electron chi connectivity index (χ4n) is 4.13. The fourth-order valence-corrected chi connectivity index (χ4v) is 5.21. The van der Waals surface area contributed by atoms with Crippen molar-refractivity contribution in [2.24, 2.45) is 5.92 Å². The second-order valence-corrected chi connectivity index (χ2v) is 8.75. The number of benzene rings is 1. The van der Waals surface area contributed by atoms with Crippen molar-refractivity contribution < 1.29 is 9.59 Å². The van der Waals surface area contributed by atoms with E-state index in [1.807, 2.05) is 9.80 Å². The first-order chi connectivity index (χ1) is 13.5. The number of nitrogens with zero attached hydrogens (tertiary/aromatic N) is 4. The van der Waals surface area contributed by atoms with Crippen LogP contribution in [0.25, 0.3) is 10.2 Å². The van der Waals surface area contributed by atoms with Crippen molar-refractivity contribution in [1.82, 2.24) is 14.8 Å². The second-order valence-electron chi connectivity index (χ2n) is 7.74. The summed E-state index contributed by atoms with van der Waals surface area (Å²) < 4.78 is 1.24. The Morgan fingerprint density at radius 3 is 2.43 bits per heavy atom. The molecular weight excluding hydrogens is 372 g/mol. The van der Waals surface area contributed by atoms with Gasteiger partial charge < -0.3 is 14.7 Å². The van der Waals surface area contributed by atoms with Gasteiger partial charge in [-0.1, -0.05) is 24.3 Å². The lowest BCUT2D eigenvalue weighted by Gasteiger charge is -2.38. The quantitative estimate of drug-likeness (QED) is 0.795. The molecule has 0 atom stereocenters. The predicted molar refractivity (Wildman–Crippen MR) is 113 cm³/mol. The number of aryl methyl sites for hydroxylation is 1. The molecular formula is C21H28N4O2S. The number of piperidine rings is 1. The van der Waals surface area contributed by atoms with Gasteiger partial charge in [0.2, 0.25) is 11.8 Å². The number of fused-ring (bicyclic) bond motifs is 1. The summed E-state index contributed by atoms with van der Waals surface area (Å²) >= 11 is 1.75. The Bertz CT molecular complexity index is 864. The van der Waals surface area contributed by atoms with Crippen LogP contribution in [0.5, 0.6) is 0 Å². The van der Waals surface area contributed by atoms with Gasteiger partial charge in [-0.3, -0.25) is 9.59 Å². The lowest BCUT2D eigenvalue weighted by atomic mass is 9.95. The molecule has 2 amide bonds. The first-order valence-electron chi connectivity index (χ1n) is 10.2. The van der Waals surface area contributed by atoms with E-state index in [0.29, 0.717) is 13.1 Å². The molecule has 2 aliphatic heterocycles. The number of thiazole rings is 1. The number of amides is 2. The molecule has 1 aromatic heterocycles. The average Bonchev–Trinajstić information content (AvgIpc) is 3.16. The Morgan fingerprint density at radius 1 is 1.07 bits per heavy atom. The van der Waals surface area contributed by atoms with Crippen LogP contribution < -0.4 is 4.90 Å². The van der Waals surface area contributed by atoms with E-state index in [-0.39, 0.29) is 17.7 Å². The van der Waals surface area contributed by atoms with Gasteiger partial charge in [0.05, 0.1) is 10.2 Å². The number of rotatable bonds is 3. The van der Waals surface area contributed by atoms with Crippen LogP contribution >= 0.6 is 11.3 Å². The van der Waals surface area contributed by atoms with Gasteiger partial charge in [-0.15, -0.1) is 0 Å². The molecule has 150 valence electrons. The maximum Gasteiger partial charge on any atom is 0.225 e. The third kappa shape index (κ3) is 3.85. The van der Waals surface area contributed by atoms with Crippen molar-refractivity contribution in [2.45, 2.75) is 33.1 Å². The van der Waals surface area contributed by atoms with Crippen LogP contribution in [0.4, 0.5) is 5.13 Å². The predicted octanol–water partition coefficient (Wildman–Crippen LogP) is 2.77. The number of carbonyl (C=O) groups excluding carboxylic acids is 2. The van der Waals surface area contributed by atoms with Gasteiger partial charge in [-0.05, 0) is 37.0 Å². The minimum atomic E-state index is 0.0667. The number of likely N-dealkylation sites (tertiary alicyclic amines) is 1. The maximum atomic E-state index is 12.9. The molecule has 0 spiro atoms. The number of aromatic nitrogens is 1. The van der Waals surface area contributed by atoms with Crippen molar-refractivity contribution in [3.8, 4) is 0 Å². The van der Waals surface area contributed by atoms with Crippen LogP contribution in [0, 0.1) is 5.92 Å². The summed E-state index contributed by atoms with van der Waals surface area (Å²) in [6.07, 6.45) is 2.61. The zero-order chi connectivity index (χ0) is 19.7. The molecule has 0 unspecified atom stereocenters. The van der Waals surface area contributed by atoms with Crippen LogP contribution in [0.1, 0.15) is 32.3 Å². The molecule has 4 rings (SSSR count). The Balaban J connectivity index is 1.34. The van der Waals surface area contributed by atoms with Gasteiger partial charge in [0.1, 0.15) is 0 Å². The number of hydrogen-bond donors (Lipinski definition) is 0. The molecule has 2 aromatic rings. The van der Waals surface area contributed by atoms with Gasteiger partial charge in [0.25, 0.3) is 0 Å². The Hall–Kier alpha value is -2.15. The molecule has 0 aliphatic carbocycles. The Kier molecular flexibility index (Phi) is 5.53. The first kappa shape index (κ1) is 19.2. The summed E-state index contributed by atoms with van der Waals surface area (Å²) in [5.41, 5.74) is 2.40. The highest BCUT2D eigenvalue weighted by molar-refractivity contribution is 7.22. The molecule has 0 saturated carbocycles. The van der Waals surface area contributed by atoms with E-state index in [1.54, 1.807) is 18.3 Å². The van der Waals surface area contributed by atoms with E-state index in [4.69, 9.17) is 4.98 Å². The number of hydrogen-bond acceptors (Lipinski definition) is 5. The molecule has 2 saturated heterocycles. The van der Waals surface area contributed by atoms with E-state index in [9.17, 15) is 9.59 Å². The first-order valence-corrected chi connectivity index (χ1v) is 11.1. The van der Waals surface area contributed by atoms with Crippen molar-refractivity contribution >= 4 is 38.5 Å². The fraction of sp³-hybridized carbons (Fsp3) is 0.571. The normalized spacial score (nSPS) is 18.7. The lowest BCUT2D eigenvalue weighted by molar-refractivity contribution is -0.140. The number of piperazine rings is 1. The van der Waals surface area contributed by atoms with Crippen LogP contribution in [0.3, 0.4) is 0 Å².